The summed E-state index contributed by atoms with van der Waals surface area (Å²) in [7, 11) is 3.30. The van der Waals surface area contributed by atoms with E-state index in [2.05, 4.69) is 20.2 Å². The number of aromatic nitrogens is 3. The van der Waals surface area contributed by atoms with Crippen LogP contribution in [0.5, 0.6) is 11.5 Å². The molecule has 0 atom stereocenters. The average molecular weight is 438 g/mol. The van der Waals surface area contributed by atoms with Gasteiger partial charge in [0.15, 0.2) is 0 Å². The summed E-state index contributed by atoms with van der Waals surface area (Å²) in [5.74, 6) is 1.53. The van der Waals surface area contributed by atoms with E-state index in [-0.39, 0.29) is 5.56 Å². The van der Waals surface area contributed by atoms with E-state index in [1.54, 1.807) is 37.1 Å². The minimum Gasteiger partial charge on any atom is -0.496 e. The van der Waals surface area contributed by atoms with Crippen LogP contribution in [0.15, 0.2) is 41.5 Å². The lowest BCUT2D eigenvalue weighted by Crippen LogP contribution is -2.43. The van der Waals surface area contributed by atoms with Crippen molar-refractivity contribution in [2.24, 2.45) is 0 Å². The van der Waals surface area contributed by atoms with Crippen LogP contribution in [0.1, 0.15) is 24.1 Å². The second kappa shape index (κ2) is 10.1. The van der Waals surface area contributed by atoms with Crippen molar-refractivity contribution in [1.82, 2.24) is 24.8 Å². The van der Waals surface area contributed by atoms with Gasteiger partial charge in [-0.3, -0.25) is 14.8 Å². The molecule has 3 aromatic rings. The predicted molar refractivity (Wildman–Crippen MR) is 124 cm³/mol. The number of likely N-dealkylation sites (tertiary alicyclic amines) is 1. The number of aryl methyl sites for hydroxylation is 1. The van der Waals surface area contributed by atoms with Gasteiger partial charge in [-0.05, 0) is 38.9 Å². The zero-order valence-corrected chi connectivity index (χ0v) is 19.0. The fourth-order valence-electron chi connectivity index (χ4n) is 4.20. The molecule has 0 radical (unpaired) electrons. The van der Waals surface area contributed by atoms with Gasteiger partial charge in [-0.2, -0.15) is 0 Å². The van der Waals surface area contributed by atoms with Gasteiger partial charge in [0.1, 0.15) is 11.5 Å². The quantitative estimate of drug-likeness (QED) is 0.579. The molecule has 0 spiro atoms. The Morgan fingerprint density at radius 3 is 2.62 bits per heavy atom. The predicted octanol–water partition coefficient (Wildman–Crippen LogP) is 2.37. The van der Waals surface area contributed by atoms with Crippen LogP contribution in [-0.4, -0.2) is 59.3 Å². The first-order valence-corrected chi connectivity index (χ1v) is 11.1. The lowest BCUT2D eigenvalue weighted by Gasteiger charge is -2.32. The van der Waals surface area contributed by atoms with Crippen molar-refractivity contribution in [2.75, 3.05) is 33.9 Å². The number of fused-ring (bicyclic) bond motifs is 1. The summed E-state index contributed by atoms with van der Waals surface area (Å²) in [5, 5.41) is 3.63. The molecule has 1 fully saturated rings. The fourth-order valence-corrected chi connectivity index (χ4v) is 4.20. The van der Waals surface area contributed by atoms with Gasteiger partial charge in [0, 0.05) is 55.6 Å². The molecule has 1 aliphatic rings. The van der Waals surface area contributed by atoms with Crippen molar-refractivity contribution < 1.29 is 9.47 Å². The molecule has 0 saturated carbocycles. The first kappa shape index (κ1) is 22.2. The Morgan fingerprint density at radius 2 is 1.88 bits per heavy atom. The number of piperidine rings is 1. The van der Waals surface area contributed by atoms with Gasteiger partial charge >= 0.3 is 0 Å². The van der Waals surface area contributed by atoms with Crippen LogP contribution in [0, 0.1) is 6.92 Å². The molecule has 0 aromatic carbocycles. The van der Waals surface area contributed by atoms with Gasteiger partial charge in [0.05, 0.1) is 37.1 Å². The number of pyridine rings is 3. The number of hydrogen-bond acceptors (Lipinski definition) is 7. The largest absolute Gasteiger partial charge is 0.496 e. The summed E-state index contributed by atoms with van der Waals surface area (Å²) < 4.78 is 12.5. The van der Waals surface area contributed by atoms with E-state index in [9.17, 15) is 4.79 Å². The van der Waals surface area contributed by atoms with Crippen LogP contribution in [0.25, 0.3) is 11.0 Å². The van der Waals surface area contributed by atoms with Crippen molar-refractivity contribution in [3.8, 4) is 11.5 Å². The van der Waals surface area contributed by atoms with Crippen molar-refractivity contribution in [2.45, 2.75) is 38.9 Å². The van der Waals surface area contributed by atoms with Gasteiger partial charge in [-0.25, -0.2) is 0 Å². The molecule has 170 valence electrons. The van der Waals surface area contributed by atoms with E-state index < -0.39 is 0 Å². The SMILES string of the molecule is COc1cnc2ccc(=O)n(CCN3CCC(NCc4cc(OC)c(C)cn4)CC3)c2c1. The molecule has 0 amide bonds. The highest BCUT2D eigenvalue weighted by Crippen LogP contribution is 2.19. The first-order valence-electron chi connectivity index (χ1n) is 11.1. The summed E-state index contributed by atoms with van der Waals surface area (Å²) in [6.07, 6.45) is 5.68. The molecule has 32 heavy (non-hydrogen) atoms. The van der Waals surface area contributed by atoms with E-state index in [0.29, 0.717) is 18.3 Å². The molecular weight excluding hydrogens is 406 g/mol. The Labute approximate surface area is 188 Å². The summed E-state index contributed by atoms with van der Waals surface area (Å²) in [6.45, 7) is 6.21. The number of ether oxygens (including phenoxy) is 2. The topological polar surface area (TPSA) is 81.5 Å². The average Bonchev–Trinajstić information content (AvgIpc) is 2.83. The van der Waals surface area contributed by atoms with Gasteiger partial charge in [-0.15, -0.1) is 0 Å². The van der Waals surface area contributed by atoms with E-state index in [1.165, 1.54) is 0 Å². The summed E-state index contributed by atoms with van der Waals surface area (Å²) in [4.78, 5) is 23.8. The van der Waals surface area contributed by atoms with Crippen LogP contribution >= 0.6 is 0 Å². The molecule has 1 saturated heterocycles. The number of methoxy groups -OCH3 is 2. The highest BCUT2D eigenvalue weighted by Gasteiger charge is 2.19. The number of rotatable bonds is 8. The van der Waals surface area contributed by atoms with Crippen LogP contribution in [0.4, 0.5) is 0 Å². The van der Waals surface area contributed by atoms with Gasteiger partial charge in [-0.1, -0.05) is 0 Å². The Kier molecular flexibility index (Phi) is 7.02. The van der Waals surface area contributed by atoms with Crippen LogP contribution in [0.2, 0.25) is 0 Å². The molecule has 1 N–H and O–H groups in total. The molecule has 4 rings (SSSR count). The number of nitrogens with zero attached hydrogens (tertiary/aromatic N) is 4. The molecule has 1 aliphatic heterocycles. The highest BCUT2D eigenvalue weighted by molar-refractivity contribution is 5.75. The summed E-state index contributed by atoms with van der Waals surface area (Å²) in [5.41, 5.74) is 3.65. The third-order valence-corrected chi connectivity index (χ3v) is 6.18. The molecule has 4 heterocycles. The maximum absolute atomic E-state index is 12.5. The van der Waals surface area contributed by atoms with E-state index >= 15 is 0 Å². The number of hydrogen-bond donors (Lipinski definition) is 1. The lowest BCUT2D eigenvalue weighted by atomic mass is 10.0. The van der Waals surface area contributed by atoms with E-state index in [0.717, 1.165) is 67.1 Å². The maximum Gasteiger partial charge on any atom is 0.251 e. The van der Waals surface area contributed by atoms with Gasteiger partial charge < -0.3 is 24.3 Å². The molecule has 8 heteroatoms. The summed E-state index contributed by atoms with van der Waals surface area (Å²) in [6, 6.07) is 7.71. The zero-order valence-electron chi connectivity index (χ0n) is 19.0. The lowest BCUT2D eigenvalue weighted by molar-refractivity contribution is 0.191. The minimum atomic E-state index is -0.00914. The maximum atomic E-state index is 12.5. The molecular formula is C24H31N5O3. The van der Waals surface area contributed by atoms with Crippen molar-refractivity contribution in [3.63, 3.8) is 0 Å². The van der Waals surface area contributed by atoms with Crippen molar-refractivity contribution in [3.05, 3.63) is 58.3 Å². The van der Waals surface area contributed by atoms with Gasteiger partial charge in [0.2, 0.25) is 0 Å². The smallest absolute Gasteiger partial charge is 0.251 e. The molecule has 3 aromatic heterocycles. The van der Waals surface area contributed by atoms with Crippen LogP contribution in [-0.2, 0) is 13.1 Å². The second-order valence-electron chi connectivity index (χ2n) is 8.24. The first-order chi connectivity index (χ1) is 15.6. The Morgan fingerprint density at radius 1 is 1.06 bits per heavy atom. The molecule has 0 bridgehead atoms. The zero-order chi connectivity index (χ0) is 22.5. The molecule has 8 nitrogen and oxygen atoms in total. The van der Waals surface area contributed by atoms with Crippen molar-refractivity contribution >= 4 is 11.0 Å². The number of nitrogens with one attached hydrogen (secondary N) is 1. The Hall–Kier alpha value is -2.97. The molecule has 0 aliphatic carbocycles. The third kappa shape index (κ3) is 5.08. The Bertz CT molecular complexity index is 1120. The van der Waals surface area contributed by atoms with Crippen molar-refractivity contribution in [1.29, 1.82) is 0 Å². The standard InChI is InChI=1S/C24H31N5O3/c1-17-14-25-19(12-23(17)32-3)15-26-18-6-8-28(9-7-18)10-11-29-22-13-20(31-2)16-27-21(22)4-5-24(29)30/h4-5,12-14,16,18,26H,6-11,15H2,1-3H3. The molecule has 0 unspecified atom stereocenters. The highest BCUT2D eigenvalue weighted by atomic mass is 16.5. The fraction of sp³-hybridized carbons (Fsp3) is 0.458. The monoisotopic (exact) mass is 437 g/mol. The van der Waals surface area contributed by atoms with E-state index in [1.807, 2.05) is 25.3 Å². The van der Waals surface area contributed by atoms with Gasteiger partial charge in [0.25, 0.3) is 5.56 Å². The normalized spacial score (nSPS) is 15.2. The van der Waals surface area contributed by atoms with E-state index in [4.69, 9.17) is 9.47 Å². The van der Waals surface area contributed by atoms with Crippen LogP contribution < -0.4 is 20.3 Å². The summed E-state index contributed by atoms with van der Waals surface area (Å²) >= 11 is 0. The van der Waals surface area contributed by atoms with Crippen LogP contribution in [0.3, 0.4) is 0 Å². The minimum absolute atomic E-state index is 0.00914. The second-order valence-corrected chi connectivity index (χ2v) is 8.24. The third-order valence-electron chi connectivity index (χ3n) is 6.18. The Balaban J connectivity index is 1.30.